The minimum absolute atomic E-state index is 0.342. The average Bonchev–Trinajstić information content (AvgIpc) is 3.23. The first-order chi connectivity index (χ1) is 18.1. The second kappa shape index (κ2) is 8.89. The molecule has 0 saturated heterocycles. The van der Waals surface area contributed by atoms with E-state index in [1.54, 1.807) is 7.11 Å². The van der Waals surface area contributed by atoms with Crippen LogP contribution in [-0.2, 0) is 10.3 Å². The number of hydrogen-bond donors (Lipinski definition) is 1. The molecule has 186 valence electrons. The van der Waals surface area contributed by atoms with Crippen molar-refractivity contribution in [1.82, 2.24) is 0 Å². The quantitative estimate of drug-likeness (QED) is 0.297. The van der Waals surface area contributed by atoms with Gasteiger partial charge in [-0.25, -0.2) is 4.79 Å². The fourth-order valence-corrected chi connectivity index (χ4v) is 5.43. The molecule has 1 atom stereocenters. The lowest BCUT2D eigenvalue weighted by atomic mass is 9.77. The molecule has 0 amide bonds. The Labute approximate surface area is 216 Å². The standard InChI is InChI=1S/C31H28N2O4/c1-4-33(5-2)21-15-16-24-29(19-21)36-27-17-14-20(32-26-12-8-9-13-28(26)35-3)18-25(27)31(24)23-11-7-6-10-22(23)30(34)37-31/h6-19,32H,4-5H2,1-3H3. The predicted molar refractivity (Wildman–Crippen MR) is 145 cm³/mol. The minimum atomic E-state index is -1.11. The van der Waals surface area contributed by atoms with E-state index in [4.69, 9.17) is 14.2 Å². The molecule has 37 heavy (non-hydrogen) atoms. The molecule has 6 nitrogen and oxygen atoms in total. The summed E-state index contributed by atoms with van der Waals surface area (Å²) in [6.07, 6.45) is 0. The van der Waals surface area contributed by atoms with Crippen LogP contribution in [0.2, 0.25) is 0 Å². The molecule has 2 aliphatic rings. The van der Waals surface area contributed by atoms with E-state index in [9.17, 15) is 4.79 Å². The lowest BCUT2D eigenvalue weighted by Gasteiger charge is -2.37. The van der Waals surface area contributed by atoms with Gasteiger partial charge < -0.3 is 24.4 Å². The molecule has 1 spiro atoms. The Morgan fingerprint density at radius 3 is 2.43 bits per heavy atom. The maximum Gasteiger partial charge on any atom is 0.340 e. The molecule has 4 aromatic carbocycles. The zero-order chi connectivity index (χ0) is 25.6. The number of carbonyl (C=O) groups excluding carboxylic acids is 1. The van der Waals surface area contributed by atoms with Crippen LogP contribution in [0.4, 0.5) is 17.1 Å². The van der Waals surface area contributed by atoms with E-state index in [2.05, 4.69) is 30.1 Å². The van der Waals surface area contributed by atoms with Gasteiger partial charge in [0.05, 0.1) is 18.4 Å². The number of hydrogen-bond acceptors (Lipinski definition) is 6. The number of methoxy groups -OCH3 is 1. The highest BCUT2D eigenvalue weighted by Crippen LogP contribution is 2.57. The first-order valence-corrected chi connectivity index (χ1v) is 12.5. The second-order valence-electron chi connectivity index (χ2n) is 9.11. The van der Waals surface area contributed by atoms with Gasteiger partial charge in [-0.05, 0) is 62.4 Å². The largest absolute Gasteiger partial charge is 0.495 e. The zero-order valence-electron chi connectivity index (χ0n) is 21.1. The monoisotopic (exact) mass is 492 g/mol. The van der Waals surface area contributed by atoms with Crippen molar-refractivity contribution < 1.29 is 19.0 Å². The van der Waals surface area contributed by atoms with E-state index in [0.717, 1.165) is 52.6 Å². The Hall–Kier alpha value is -4.45. The van der Waals surface area contributed by atoms with Gasteiger partial charge >= 0.3 is 5.97 Å². The van der Waals surface area contributed by atoms with Crippen molar-refractivity contribution in [2.75, 3.05) is 30.4 Å². The zero-order valence-corrected chi connectivity index (χ0v) is 21.1. The minimum Gasteiger partial charge on any atom is -0.495 e. The number of ether oxygens (including phenoxy) is 3. The predicted octanol–water partition coefficient (Wildman–Crippen LogP) is 6.85. The van der Waals surface area contributed by atoms with Crippen LogP contribution in [0.5, 0.6) is 17.2 Å². The van der Waals surface area contributed by atoms with Crippen LogP contribution in [0.3, 0.4) is 0 Å². The van der Waals surface area contributed by atoms with Crippen LogP contribution >= 0.6 is 0 Å². The fourth-order valence-electron chi connectivity index (χ4n) is 5.43. The molecule has 0 aliphatic carbocycles. The van der Waals surface area contributed by atoms with Crippen LogP contribution in [0.1, 0.15) is 40.9 Å². The number of benzene rings is 4. The third kappa shape index (κ3) is 3.51. The molecule has 6 rings (SSSR count). The number of anilines is 3. The first-order valence-electron chi connectivity index (χ1n) is 12.5. The third-order valence-electron chi connectivity index (χ3n) is 7.21. The highest BCUT2D eigenvalue weighted by Gasteiger charge is 2.53. The van der Waals surface area contributed by atoms with Crippen molar-refractivity contribution in [3.05, 3.63) is 107 Å². The summed E-state index contributed by atoms with van der Waals surface area (Å²) in [4.78, 5) is 15.4. The second-order valence-corrected chi connectivity index (χ2v) is 9.11. The third-order valence-corrected chi connectivity index (χ3v) is 7.21. The molecule has 0 fully saturated rings. The molecule has 6 heteroatoms. The van der Waals surface area contributed by atoms with Crippen molar-refractivity contribution in [2.24, 2.45) is 0 Å². The molecular formula is C31H28N2O4. The Kier molecular flexibility index (Phi) is 5.52. The number of para-hydroxylation sites is 2. The van der Waals surface area contributed by atoms with Gasteiger partial charge in [0.2, 0.25) is 0 Å². The molecular weight excluding hydrogens is 464 g/mol. The summed E-state index contributed by atoms with van der Waals surface area (Å²) in [5, 5.41) is 3.45. The molecule has 2 aliphatic heterocycles. The molecule has 0 bridgehead atoms. The van der Waals surface area contributed by atoms with Crippen LogP contribution in [-0.4, -0.2) is 26.2 Å². The van der Waals surface area contributed by atoms with Gasteiger partial charge in [0.25, 0.3) is 0 Å². The SMILES string of the molecule is CCN(CC)c1ccc2c(c1)Oc1ccc(Nc3ccccc3OC)cc1C21OC(=O)c2ccccc21. The topological polar surface area (TPSA) is 60.0 Å². The van der Waals surface area contributed by atoms with Crippen molar-refractivity contribution >= 4 is 23.0 Å². The number of carbonyl (C=O) groups is 1. The van der Waals surface area contributed by atoms with Gasteiger partial charge in [-0.1, -0.05) is 30.3 Å². The van der Waals surface area contributed by atoms with Gasteiger partial charge in [-0.2, -0.15) is 0 Å². The van der Waals surface area contributed by atoms with Gasteiger partial charge in [-0.3, -0.25) is 0 Å². The first kappa shape index (κ1) is 23.0. The number of esters is 1. The fraction of sp³-hybridized carbons (Fsp3) is 0.194. The summed E-state index contributed by atoms with van der Waals surface area (Å²) < 4.78 is 18.3. The van der Waals surface area contributed by atoms with Gasteiger partial charge in [0.15, 0.2) is 5.60 Å². The maximum absolute atomic E-state index is 13.2. The van der Waals surface area contributed by atoms with Gasteiger partial charge in [0, 0.05) is 47.2 Å². The average molecular weight is 493 g/mol. The van der Waals surface area contributed by atoms with E-state index in [1.807, 2.05) is 78.9 Å². The molecule has 4 aromatic rings. The van der Waals surface area contributed by atoms with Crippen LogP contribution < -0.4 is 19.7 Å². The number of fused-ring (bicyclic) bond motifs is 6. The summed E-state index contributed by atoms with van der Waals surface area (Å²) in [7, 11) is 1.65. The van der Waals surface area contributed by atoms with E-state index in [0.29, 0.717) is 17.1 Å². The highest BCUT2D eigenvalue weighted by atomic mass is 16.6. The normalized spacial score (nSPS) is 16.8. The lowest BCUT2D eigenvalue weighted by Crippen LogP contribution is -2.33. The van der Waals surface area contributed by atoms with Crippen molar-refractivity contribution in [2.45, 2.75) is 19.4 Å². The highest BCUT2D eigenvalue weighted by molar-refractivity contribution is 5.97. The van der Waals surface area contributed by atoms with Crippen molar-refractivity contribution in [1.29, 1.82) is 0 Å². The lowest BCUT2D eigenvalue weighted by molar-refractivity contribution is 0.0224. The summed E-state index contributed by atoms with van der Waals surface area (Å²) in [5.41, 5.74) is 4.58. The van der Waals surface area contributed by atoms with Crippen LogP contribution in [0.25, 0.3) is 0 Å². The Morgan fingerprint density at radius 1 is 0.838 bits per heavy atom. The summed E-state index contributed by atoms with van der Waals surface area (Å²) in [6.45, 7) is 6.03. The van der Waals surface area contributed by atoms with E-state index in [-0.39, 0.29) is 5.97 Å². The molecule has 0 saturated carbocycles. The van der Waals surface area contributed by atoms with Crippen molar-refractivity contribution in [3.8, 4) is 17.2 Å². The van der Waals surface area contributed by atoms with Crippen molar-refractivity contribution in [3.63, 3.8) is 0 Å². The van der Waals surface area contributed by atoms with Crippen LogP contribution in [0.15, 0.2) is 84.9 Å². The van der Waals surface area contributed by atoms with E-state index >= 15 is 0 Å². The number of nitrogens with one attached hydrogen (secondary N) is 1. The van der Waals surface area contributed by atoms with Gasteiger partial charge in [0.1, 0.15) is 17.2 Å². The Bertz CT molecular complexity index is 1510. The summed E-state index contributed by atoms with van der Waals surface area (Å²) in [6, 6.07) is 27.4. The van der Waals surface area contributed by atoms with E-state index in [1.165, 1.54) is 0 Å². The van der Waals surface area contributed by atoms with E-state index < -0.39 is 5.60 Å². The Morgan fingerprint density at radius 2 is 1.62 bits per heavy atom. The maximum atomic E-state index is 13.2. The molecule has 0 aromatic heterocycles. The molecule has 0 radical (unpaired) electrons. The molecule has 2 heterocycles. The Balaban J connectivity index is 1.54. The molecule has 1 N–H and O–H groups in total. The van der Waals surface area contributed by atoms with Crippen LogP contribution in [0, 0.1) is 0 Å². The number of rotatable bonds is 6. The van der Waals surface area contributed by atoms with Gasteiger partial charge in [-0.15, -0.1) is 0 Å². The smallest absolute Gasteiger partial charge is 0.340 e. The molecule has 1 unspecified atom stereocenters. The number of nitrogens with zero attached hydrogens (tertiary/aromatic N) is 1. The summed E-state index contributed by atoms with van der Waals surface area (Å²) in [5.74, 6) is 1.73. The summed E-state index contributed by atoms with van der Waals surface area (Å²) >= 11 is 0.